The van der Waals surface area contributed by atoms with Crippen LogP contribution in [0.15, 0.2) is 24.3 Å². The fraction of sp³-hybridized carbons (Fsp3) is 0.0909. The SMILES string of the molecule is NNc1nc(Oc2cc(F)ccc2F)cc(C(F)(F)F)n1. The van der Waals surface area contributed by atoms with E-state index in [2.05, 4.69) is 9.97 Å². The van der Waals surface area contributed by atoms with Crippen LogP contribution in [-0.4, -0.2) is 9.97 Å². The Balaban J connectivity index is 2.42. The zero-order valence-electron chi connectivity index (χ0n) is 10.1. The van der Waals surface area contributed by atoms with Crippen LogP contribution in [0.25, 0.3) is 0 Å². The molecule has 21 heavy (non-hydrogen) atoms. The average molecular weight is 306 g/mol. The first-order chi connectivity index (χ1) is 9.79. The quantitative estimate of drug-likeness (QED) is 0.518. The molecule has 0 amide bonds. The fourth-order valence-corrected chi connectivity index (χ4v) is 1.36. The molecule has 2 rings (SSSR count). The number of alkyl halides is 3. The number of nitrogen functional groups attached to an aromatic ring is 1. The largest absolute Gasteiger partial charge is 0.436 e. The van der Waals surface area contributed by atoms with Gasteiger partial charge < -0.3 is 4.74 Å². The van der Waals surface area contributed by atoms with Gasteiger partial charge in [-0.05, 0) is 12.1 Å². The van der Waals surface area contributed by atoms with Crippen LogP contribution in [0.2, 0.25) is 0 Å². The zero-order chi connectivity index (χ0) is 15.6. The summed E-state index contributed by atoms with van der Waals surface area (Å²) < 4.78 is 69.0. The summed E-state index contributed by atoms with van der Waals surface area (Å²) in [5.41, 5.74) is 0.472. The molecule has 1 aromatic carbocycles. The van der Waals surface area contributed by atoms with E-state index in [9.17, 15) is 22.0 Å². The van der Waals surface area contributed by atoms with Crippen molar-refractivity contribution in [3.8, 4) is 11.6 Å². The van der Waals surface area contributed by atoms with Gasteiger partial charge in [0.2, 0.25) is 11.8 Å². The third kappa shape index (κ3) is 3.54. The summed E-state index contributed by atoms with van der Waals surface area (Å²) in [5, 5.41) is 0. The molecule has 0 aliphatic carbocycles. The maximum absolute atomic E-state index is 13.4. The second-order valence-corrected chi connectivity index (χ2v) is 3.73. The van der Waals surface area contributed by atoms with E-state index in [1.54, 1.807) is 0 Å². The predicted octanol–water partition coefficient (Wildman–Crippen LogP) is 2.85. The van der Waals surface area contributed by atoms with Crippen molar-refractivity contribution in [2.75, 3.05) is 5.43 Å². The van der Waals surface area contributed by atoms with Crippen LogP contribution >= 0.6 is 0 Å². The summed E-state index contributed by atoms with van der Waals surface area (Å²) in [6, 6.07) is 2.69. The normalized spacial score (nSPS) is 11.3. The lowest BCUT2D eigenvalue weighted by Crippen LogP contribution is -2.15. The minimum absolute atomic E-state index is 0.436. The molecule has 0 radical (unpaired) electrons. The van der Waals surface area contributed by atoms with Crippen molar-refractivity contribution in [2.45, 2.75) is 6.18 Å². The summed E-state index contributed by atoms with van der Waals surface area (Å²) in [6.45, 7) is 0. The van der Waals surface area contributed by atoms with Crippen LogP contribution in [0.5, 0.6) is 11.6 Å². The standard InChI is InChI=1S/C11H7F5N4O/c12-5-1-2-6(13)7(3-5)21-9-4-8(11(14,15)16)18-10(19-9)20-17/h1-4H,17H2,(H,18,19,20). The first-order valence-electron chi connectivity index (χ1n) is 5.35. The Hall–Kier alpha value is -2.49. The van der Waals surface area contributed by atoms with Gasteiger partial charge >= 0.3 is 6.18 Å². The van der Waals surface area contributed by atoms with Crippen molar-refractivity contribution in [2.24, 2.45) is 5.84 Å². The van der Waals surface area contributed by atoms with Crippen LogP contribution in [-0.2, 0) is 6.18 Å². The van der Waals surface area contributed by atoms with Crippen LogP contribution in [0.4, 0.5) is 27.9 Å². The van der Waals surface area contributed by atoms with Gasteiger partial charge in [0.05, 0.1) is 0 Å². The number of nitrogens with zero attached hydrogens (tertiary/aromatic N) is 2. The van der Waals surface area contributed by atoms with E-state index in [1.165, 1.54) is 0 Å². The smallest absolute Gasteiger partial charge is 0.433 e. The molecule has 112 valence electrons. The molecule has 0 spiro atoms. The van der Waals surface area contributed by atoms with Gasteiger partial charge in [-0.25, -0.2) is 19.6 Å². The molecule has 0 saturated carbocycles. The highest BCUT2D eigenvalue weighted by atomic mass is 19.4. The number of ether oxygens (including phenoxy) is 1. The molecule has 0 saturated heterocycles. The van der Waals surface area contributed by atoms with Crippen LogP contribution < -0.4 is 16.0 Å². The van der Waals surface area contributed by atoms with Gasteiger partial charge in [0.15, 0.2) is 17.3 Å². The van der Waals surface area contributed by atoms with Crippen LogP contribution in [0, 0.1) is 11.6 Å². The number of hydrazine groups is 1. The topological polar surface area (TPSA) is 73.1 Å². The van der Waals surface area contributed by atoms with Gasteiger partial charge in [-0.2, -0.15) is 18.2 Å². The molecule has 0 bridgehead atoms. The van der Waals surface area contributed by atoms with Crippen molar-refractivity contribution < 1.29 is 26.7 Å². The van der Waals surface area contributed by atoms with E-state index < -0.39 is 41.1 Å². The molecule has 3 N–H and O–H groups in total. The predicted molar refractivity (Wildman–Crippen MR) is 61.3 cm³/mol. The summed E-state index contributed by atoms with van der Waals surface area (Å²) >= 11 is 0. The van der Waals surface area contributed by atoms with E-state index >= 15 is 0 Å². The van der Waals surface area contributed by atoms with Crippen molar-refractivity contribution in [1.82, 2.24) is 9.97 Å². The molecule has 0 atom stereocenters. The second-order valence-electron chi connectivity index (χ2n) is 3.73. The summed E-state index contributed by atoms with van der Waals surface area (Å²) in [4.78, 5) is 6.56. The van der Waals surface area contributed by atoms with Gasteiger partial charge in [0, 0.05) is 12.1 Å². The van der Waals surface area contributed by atoms with Crippen molar-refractivity contribution in [1.29, 1.82) is 0 Å². The first kappa shape index (κ1) is 14.9. The van der Waals surface area contributed by atoms with Crippen LogP contribution in [0.1, 0.15) is 5.69 Å². The van der Waals surface area contributed by atoms with Gasteiger partial charge in [0.1, 0.15) is 5.82 Å². The maximum atomic E-state index is 13.4. The Morgan fingerprint density at radius 2 is 1.81 bits per heavy atom. The minimum atomic E-state index is -4.78. The van der Waals surface area contributed by atoms with E-state index in [0.717, 1.165) is 12.1 Å². The number of halogens is 5. The molecule has 0 aliphatic rings. The van der Waals surface area contributed by atoms with E-state index in [-0.39, 0.29) is 0 Å². The summed E-state index contributed by atoms with van der Waals surface area (Å²) in [7, 11) is 0. The zero-order valence-corrected chi connectivity index (χ0v) is 10.1. The molecule has 0 fully saturated rings. The maximum Gasteiger partial charge on any atom is 0.433 e. The number of rotatable bonds is 3. The van der Waals surface area contributed by atoms with E-state index in [1.807, 2.05) is 5.43 Å². The van der Waals surface area contributed by atoms with Gasteiger partial charge in [0.25, 0.3) is 0 Å². The Morgan fingerprint density at radius 1 is 1.10 bits per heavy atom. The van der Waals surface area contributed by atoms with Crippen molar-refractivity contribution in [3.63, 3.8) is 0 Å². The monoisotopic (exact) mass is 306 g/mol. The first-order valence-corrected chi connectivity index (χ1v) is 5.35. The highest BCUT2D eigenvalue weighted by Crippen LogP contribution is 2.32. The summed E-state index contributed by atoms with van der Waals surface area (Å²) in [5.74, 6) is 1.30. The number of nitrogens with one attached hydrogen (secondary N) is 1. The minimum Gasteiger partial charge on any atom is -0.436 e. The number of hydrogen-bond acceptors (Lipinski definition) is 5. The number of anilines is 1. The fourth-order valence-electron chi connectivity index (χ4n) is 1.36. The van der Waals surface area contributed by atoms with Crippen molar-refractivity contribution in [3.05, 3.63) is 41.6 Å². The molecule has 0 unspecified atom stereocenters. The molecular weight excluding hydrogens is 299 g/mol. The van der Waals surface area contributed by atoms with Crippen LogP contribution in [0.3, 0.4) is 0 Å². The van der Waals surface area contributed by atoms with Gasteiger partial charge in [-0.1, -0.05) is 0 Å². The Labute approximate surface area is 114 Å². The second kappa shape index (κ2) is 5.48. The molecule has 10 heteroatoms. The molecule has 2 aromatic rings. The average Bonchev–Trinajstić information content (AvgIpc) is 2.41. The molecule has 0 aliphatic heterocycles. The molecule has 1 aromatic heterocycles. The lowest BCUT2D eigenvalue weighted by atomic mass is 10.3. The lowest BCUT2D eigenvalue weighted by Gasteiger charge is -2.11. The Morgan fingerprint density at radius 3 is 2.43 bits per heavy atom. The molecular formula is C11H7F5N4O. The van der Waals surface area contributed by atoms with Crippen molar-refractivity contribution >= 4 is 5.95 Å². The molecule has 5 nitrogen and oxygen atoms in total. The van der Waals surface area contributed by atoms with E-state index in [4.69, 9.17) is 10.6 Å². The number of hydrogen-bond donors (Lipinski definition) is 2. The third-order valence-corrected chi connectivity index (χ3v) is 2.23. The van der Waals surface area contributed by atoms with Gasteiger partial charge in [-0.3, -0.25) is 5.43 Å². The lowest BCUT2D eigenvalue weighted by molar-refractivity contribution is -0.141. The number of nitrogens with two attached hydrogens (primary N) is 1. The molecule has 1 heterocycles. The Bertz CT molecular complexity index is 662. The third-order valence-electron chi connectivity index (χ3n) is 2.23. The number of benzene rings is 1. The number of aromatic nitrogens is 2. The summed E-state index contributed by atoms with van der Waals surface area (Å²) in [6.07, 6.45) is -4.78. The highest BCUT2D eigenvalue weighted by molar-refractivity contribution is 5.34. The van der Waals surface area contributed by atoms with E-state index in [0.29, 0.717) is 12.1 Å². The Kier molecular flexibility index (Phi) is 3.89. The van der Waals surface area contributed by atoms with Gasteiger partial charge in [-0.15, -0.1) is 0 Å². The highest BCUT2D eigenvalue weighted by Gasteiger charge is 2.34.